The molecule has 1 atom stereocenters. The molecule has 2 aliphatic rings. The summed E-state index contributed by atoms with van der Waals surface area (Å²) in [6.45, 7) is 3.84. The third kappa shape index (κ3) is 3.02. The lowest BCUT2D eigenvalue weighted by molar-refractivity contribution is 0.0273. The van der Waals surface area contributed by atoms with Crippen molar-refractivity contribution in [2.75, 3.05) is 26.3 Å². The van der Waals surface area contributed by atoms with Crippen molar-refractivity contribution >= 4 is 0 Å². The Labute approximate surface area is 134 Å². The molecule has 0 spiro atoms. The van der Waals surface area contributed by atoms with Crippen LogP contribution in [0.3, 0.4) is 0 Å². The topological polar surface area (TPSA) is 72.6 Å². The lowest BCUT2D eigenvalue weighted by Crippen LogP contribution is -2.37. The predicted octanol–water partition coefficient (Wildman–Crippen LogP) is 0.686. The molecule has 0 radical (unpaired) electrons. The molecule has 2 aromatic rings. The fourth-order valence-electron chi connectivity index (χ4n) is 3.32. The first-order valence-electron chi connectivity index (χ1n) is 7.88. The van der Waals surface area contributed by atoms with Crippen molar-refractivity contribution in [2.45, 2.75) is 25.1 Å². The number of benzene rings is 1. The molecule has 1 fully saturated rings. The zero-order valence-electron chi connectivity index (χ0n) is 12.9. The van der Waals surface area contributed by atoms with Gasteiger partial charge in [-0.3, -0.25) is 4.90 Å². The van der Waals surface area contributed by atoms with Gasteiger partial charge in [-0.25, -0.2) is 4.68 Å². The Hall–Kier alpha value is -2.12. The maximum Gasteiger partial charge on any atom is 0.165 e. The van der Waals surface area contributed by atoms with E-state index in [1.165, 1.54) is 0 Å². The molecular weight excluding hydrogens is 296 g/mol. The van der Waals surface area contributed by atoms with E-state index in [0.717, 1.165) is 36.6 Å². The number of fused-ring (bicyclic) bond motifs is 1. The molecule has 1 N–H and O–H groups in total. The summed E-state index contributed by atoms with van der Waals surface area (Å²) in [5.41, 5.74) is 0.340. The minimum atomic E-state index is -0.764. The SMILES string of the molecule is OC1(Cn2ccnn2)CCN(Cc2cccc3c2OCCO3)C1. The number of likely N-dealkylation sites (tertiary alicyclic amines) is 1. The van der Waals surface area contributed by atoms with Crippen LogP contribution in [-0.4, -0.2) is 56.9 Å². The molecule has 23 heavy (non-hydrogen) atoms. The Bertz CT molecular complexity index is 676. The van der Waals surface area contributed by atoms with Crippen molar-refractivity contribution < 1.29 is 14.6 Å². The van der Waals surface area contributed by atoms with Crippen LogP contribution in [0, 0.1) is 0 Å². The van der Waals surface area contributed by atoms with Crippen LogP contribution in [0.25, 0.3) is 0 Å². The summed E-state index contributed by atoms with van der Waals surface area (Å²) in [5.74, 6) is 1.65. The fourth-order valence-corrected chi connectivity index (χ4v) is 3.32. The van der Waals surface area contributed by atoms with Crippen LogP contribution in [0.4, 0.5) is 0 Å². The zero-order chi connectivity index (χ0) is 15.7. The smallest absolute Gasteiger partial charge is 0.165 e. The molecule has 0 bridgehead atoms. The summed E-state index contributed by atoms with van der Waals surface area (Å²) in [5, 5.41) is 18.5. The molecule has 1 saturated heterocycles. The molecule has 3 heterocycles. The van der Waals surface area contributed by atoms with E-state index in [9.17, 15) is 5.11 Å². The van der Waals surface area contributed by atoms with Crippen molar-refractivity contribution in [1.29, 1.82) is 0 Å². The van der Waals surface area contributed by atoms with Crippen molar-refractivity contribution in [1.82, 2.24) is 19.9 Å². The summed E-state index contributed by atoms with van der Waals surface area (Å²) >= 11 is 0. The minimum Gasteiger partial charge on any atom is -0.486 e. The fraction of sp³-hybridized carbons (Fsp3) is 0.500. The highest BCUT2D eigenvalue weighted by Gasteiger charge is 2.37. The number of aliphatic hydroxyl groups is 1. The summed E-state index contributed by atoms with van der Waals surface area (Å²) in [7, 11) is 0. The molecule has 1 aromatic carbocycles. The van der Waals surface area contributed by atoms with Gasteiger partial charge in [-0.15, -0.1) is 5.10 Å². The van der Waals surface area contributed by atoms with E-state index in [-0.39, 0.29) is 0 Å². The molecule has 0 saturated carbocycles. The molecule has 7 nitrogen and oxygen atoms in total. The quantitative estimate of drug-likeness (QED) is 0.894. The number of ether oxygens (including phenoxy) is 2. The lowest BCUT2D eigenvalue weighted by Gasteiger charge is -2.25. The summed E-state index contributed by atoms with van der Waals surface area (Å²) < 4.78 is 13.1. The maximum atomic E-state index is 10.8. The second-order valence-corrected chi connectivity index (χ2v) is 6.23. The average molecular weight is 316 g/mol. The highest BCUT2D eigenvalue weighted by atomic mass is 16.6. The number of nitrogens with zero attached hydrogens (tertiary/aromatic N) is 4. The third-order valence-corrected chi connectivity index (χ3v) is 4.38. The van der Waals surface area contributed by atoms with Crippen molar-refractivity contribution in [3.05, 3.63) is 36.2 Å². The van der Waals surface area contributed by atoms with Gasteiger partial charge in [0.05, 0.1) is 18.3 Å². The lowest BCUT2D eigenvalue weighted by atomic mass is 10.0. The van der Waals surface area contributed by atoms with Crippen molar-refractivity contribution in [2.24, 2.45) is 0 Å². The van der Waals surface area contributed by atoms with E-state index >= 15 is 0 Å². The highest BCUT2D eigenvalue weighted by Crippen LogP contribution is 2.35. The highest BCUT2D eigenvalue weighted by molar-refractivity contribution is 5.47. The molecular formula is C16H20N4O3. The van der Waals surface area contributed by atoms with E-state index in [2.05, 4.69) is 21.3 Å². The first-order valence-corrected chi connectivity index (χ1v) is 7.88. The van der Waals surface area contributed by atoms with Crippen LogP contribution < -0.4 is 9.47 Å². The van der Waals surface area contributed by atoms with Crippen LogP contribution in [0.15, 0.2) is 30.6 Å². The van der Waals surface area contributed by atoms with Crippen LogP contribution in [-0.2, 0) is 13.1 Å². The Kier molecular flexibility index (Phi) is 3.66. The van der Waals surface area contributed by atoms with Gasteiger partial charge in [0.2, 0.25) is 0 Å². The minimum absolute atomic E-state index is 0.468. The van der Waals surface area contributed by atoms with Gasteiger partial charge in [0.15, 0.2) is 11.5 Å². The first-order chi connectivity index (χ1) is 11.2. The van der Waals surface area contributed by atoms with Crippen molar-refractivity contribution in [3.8, 4) is 11.5 Å². The van der Waals surface area contributed by atoms with Crippen LogP contribution in [0.2, 0.25) is 0 Å². The zero-order valence-corrected chi connectivity index (χ0v) is 12.9. The van der Waals surface area contributed by atoms with Gasteiger partial charge in [0.25, 0.3) is 0 Å². The molecule has 0 amide bonds. The number of hydrogen-bond acceptors (Lipinski definition) is 6. The number of β-amino-alcohol motifs (C(OH)–C–C–N with tert-alkyl or cyclic N) is 1. The number of rotatable bonds is 4. The predicted molar refractivity (Wildman–Crippen MR) is 82.3 cm³/mol. The van der Waals surface area contributed by atoms with Gasteiger partial charge in [0.1, 0.15) is 13.2 Å². The van der Waals surface area contributed by atoms with E-state index in [1.807, 2.05) is 12.1 Å². The molecule has 1 aromatic heterocycles. The molecule has 122 valence electrons. The second-order valence-electron chi connectivity index (χ2n) is 6.23. The molecule has 0 aliphatic carbocycles. The summed E-state index contributed by atoms with van der Waals surface area (Å²) in [4.78, 5) is 2.24. The number of aromatic nitrogens is 3. The van der Waals surface area contributed by atoms with Gasteiger partial charge in [-0.1, -0.05) is 17.3 Å². The first kappa shape index (κ1) is 14.5. The summed E-state index contributed by atoms with van der Waals surface area (Å²) in [6, 6.07) is 5.98. The van der Waals surface area contributed by atoms with Gasteiger partial charge >= 0.3 is 0 Å². The monoisotopic (exact) mass is 316 g/mol. The standard InChI is InChI=1S/C16H20N4O3/c21-16(12-20-7-5-17-18-20)4-6-19(11-16)10-13-2-1-3-14-15(13)23-9-8-22-14/h1-3,5,7,21H,4,6,8-12H2. The van der Waals surface area contributed by atoms with Crippen LogP contribution in [0.5, 0.6) is 11.5 Å². The molecule has 2 aliphatic heterocycles. The second kappa shape index (κ2) is 5.82. The third-order valence-electron chi connectivity index (χ3n) is 4.38. The molecule has 7 heteroatoms. The molecule has 1 unspecified atom stereocenters. The van der Waals surface area contributed by atoms with E-state index in [1.54, 1.807) is 17.1 Å². The Balaban J connectivity index is 1.45. The average Bonchev–Trinajstić information content (AvgIpc) is 3.18. The number of hydrogen-bond donors (Lipinski definition) is 1. The Morgan fingerprint density at radius 3 is 3.04 bits per heavy atom. The van der Waals surface area contributed by atoms with Gasteiger partial charge in [-0.05, 0) is 12.5 Å². The van der Waals surface area contributed by atoms with E-state index in [0.29, 0.717) is 26.3 Å². The van der Waals surface area contributed by atoms with Gasteiger partial charge in [0, 0.05) is 31.4 Å². The Morgan fingerprint density at radius 2 is 2.17 bits per heavy atom. The maximum absolute atomic E-state index is 10.8. The molecule has 4 rings (SSSR count). The van der Waals surface area contributed by atoms with Gasteiger partial charge in [-0.2, -0.15) is 0 Å². The van der Waals surface area contributed by atoms with E-state index in [4.69, 9.17) is 9.47 Å². The normalized spacial score (nSPS) is 24.0. The van der Waals surface area contributed by atoms with Crippen LogP contribution in [0.1, 0.15) is 12.0 Å². The van der Waals surface area contributed by atoms with E-state index < -0.39 is 5.60 Å². The largest absolute Gasteiger partial charge is 0.486 e. The Morgan fingerprint density at radius 1 is 1.26 bits per heavy atom. The van der Waals surface area contributed by atoms with Crippen LogP contribution >= 0.6 is 0 Å². The van der Waals surface area contributed by atoms with Gasteiger partial charge < -0.3 is 14.6 Å². The summed E-state index contributed by atoms with van der Waals surface area (Å²) in [6.07, 6.45) is 4.13. The number of para-hydroxylation sites is 1. The van der Waals surface area contributed by atoms with Crippen molar-refractivity contribution in [3.63, 3.8) is 0 Å².